The number of nitrogens with two attached hydrogens (primary N) is 1. The lowest BCUT2D eigenvalue weighted by Crippen LogP contribution is -2.30. The summed E-state index contributed by atoms with van der Waals surface area (Å²) in [5, 5.41) is 0.406. The Bertz CT molecular complexity index is 625. The van der Waals surface area contributed by atoms with Gasteiger partial charge in [0, 0.05) is 17.5 Å². The van der Waals surface area contributed by atoms with E-state index in [0.717, 1.165) is 12.3 Å². The summed E-state index contributed by atoms with van der Waals surface area (Å²) in [7, 11) is 0. The van der Waals surface area contributed by atoms with E-state index in [2.05, 4.69) is 4.98 Å². The van der Waals surface area contributed by atoms with Crippen LogP contribution in [0.15, 0.2) is 40.1 Å². The largest absolute Gasteiger partial charge is 0.459 e. The van der Waals surface area contributed by atoms with Crippen LogP contribution in [0, 0.1) is 0 Å². The fourth-order valence-electron chi connectivity index (χ4n) is 1.50. The number of hydrazine groups is 1. The van der Waals surface area contributed by atoms with E-state index < -0.39 is 17.6 Å². The number of alkyl halides is 3. The van der Waals surface area contributed by atoms with Crippen LogP contribution < -0.4 is 11.3 Å². The molecule has 0 unspecified atom stereocenters. The van der Waals surface area contributed by atoms with E-state index >= 15 is 0 Å². The number of rotatable bonds is 4. The molecule has 2 heterocycles. The van der Waals surface area contributed by atoms with Crippen molar-refractivity contribution in [1.29, 1.82) is 0 Å². The fourth-order valence-corrected chi connectivity index (χ4v) is 2.32. The SMILES string of the molecule is NNC(=O)c1occc1CSc1ccc(C(F)(F)F)cn1. The average Bonchev–Trinajstić information content (AvgIpc) is 2.92. The van der Waals surface area contributed by atoms with Gasteiger partial charge in [0.05, 0.1) is 16.9 Å². The lowest BCUT2D eigenvalue weighted by Gasteiger charge is -2.06. The number of hydrogen-bond acceptors (Lipinski definition) is 5. The molecule has 0 radical (unpaired) electrons. The molecule has 0 fully saturated rings. The monoisotopic (exact) mass is 317 g/mol. The number of nitrogen functional groups attached to an aromatic ring is 1. The molecule has 21 heavy (non-hydrogen) atoms. The van der Waals surface area contributed by atoms with E-state index in [1.807, 2.05) is 5.43 Å². The summed E-state index contributed by atoms with van der Waals surface area (Å²) in [6.07, 6.45) is -2.31. The van der Waals surface area contributed by atoms with Crippen molar-refractivity contribution < 1.29 is 22.4 Å². The van der Waals surface area contributed by atoms with Crippen LogP contribution in [0.5, 0.6) is 0 Å². The number of carbonyl (C=O) groups is 1. The third-order valence-corrected chi connectivity index (χ3v) is 3.52. The summed E-state index contributed by atoms with van der Waals surface area (Å²) in [4.78, 5) is 15.1. The Morgan fingerprint density at radius 1 is 1.38 bits per heavy atom. The van der Waals surface area contributed by atoms with Crippen molar-refractivity contribution in [3.63, 3.8) is 0 Å². The second-order valence-corrected chi connectivity index (χ2v) is 4.92. The first-order valence-electron chi connectivity index (χ1n) is 5.65. The standard InChI is InChI=1S/C12H10F3N3O2S/c13-12(14,15)8-1-2-9(17-5-8)21-6-7-3-4-20-10(7)11(19)18-16/h1-5H,6,16H2,(H,18,19). The molecule has 1 amide bonds. The number of nitrogens with zero attached hydrogens (tertiary/aromatic N) is 1. The van der Waals surface area contributed by atoms with Gasteiger partial charge in [0.15, 0.2) is 5.76 Å². The van der Waals surface area contributed by atoms with Crippen molar-refractivity contribution >= 4 is 17.7 Å². The number of amides is 1. The molecule has 2 rings (SSSR count). The van der Waals surface area contributed by atoms with Crippen LogP contribution in [0.1, 0.15) is 21.7 Å². The molecule has 2 aromatic rings. The van der Waals surface area contributed by atoms with Crippen molar-refractivity contribution in [2.75, 3.05) is 0 Å². The molecular formula is C12H10F3N3O2S. The van der Waals surface area contributed by atoms with Crippen LogP contribution in [0.25, 0.3) is 0 Å². The van der Waals surface area contributed by atoms with E-state index in [1.54, 1.807) is 6.07 Å². The first-order chi connectivity index (χ1) is 9.91. The van der Waals surface area contributed by atoms with Crippen LogP contribution in [0.2, 0.25) is 0 Å². The van der Waals surface area contributed by atoms with Crippen molar-refractivity contribution in [2.45, 2.75) is 17.0 Å². The maximum Gasteiger partial charge on any atom is 0.417 e. The predicted octanol–water partition coefficient (Wildman–Crippen LogP) is 2.59. The van der Waals surface area contributed by atoms with Crippen LogP contribution in [0.4, 0.5) is 13.2 Å². The molecule has 0 aliphatic carbocycles. The van der Waals surface area contributed by atoms with Gasteiger partial charge in [-0.3, -0.25) is 10.2 Å². The van der Waals surface area contributed by atoms with Crippen molar-refractivity contribution in [3.8, 4) is 0 Å². The number of hydrogen-bond donors (Lipinski definition) is 2. The summed E-state index contributed by atoms with van der Waals surface area (Å²) >= 11 is 1.18. The second kappa shape index (κ2) is 6.19. The third kappa shape index (κ3) is 3.76. The van der Waals surface area contributed by atoms with E-state index in [9.17, 15) is 18.0 Å². The fraction of sp³-hybridized carbons (Fsp3) is 0.167. The number of thioether (sulfide) groups is 1. The summed E-state index contributed by atoms with van der Waals surface area (Å²) < 4.78 is 42.2. The van der Waals surface area contributed by atoms with Gasteiger partial charge in [0.1, 0.15) is 0 Å². The summed E-state index contributed by atoms with van der Waals surface area (Å²) in [6, 6.07) is 3.82. The predicted molar refractivity (Wildman–Crippen MR) is 69.2 cm³/mol. The molecule has 0 aromatic carbocycles. The van der Waals surface area contributed by atoms with Gasteiger partial charge in [-0.25, -0.2) is 10.8 Å². The Morgan fingerprint density at radius 3 is 2.71 bits per heavy atom. The molecule has 0 saturated heterocycles. The molecule has 5 nitrogen and oxygen atoms in total. The minimum atomic E-state index is -4.41. The molecule has 0 aliphatic rings. The zero-order valence-electron chi connectivity index (χ0n) is 10.5. The molecule has 112 valence electrons. The van der Waals surface area contributed by atoms with E-state index in [0.29, 0.717) is 16.3 Å². The molecule has 0 saturated carbocycles. The molecule has 0 atom stereocenters. The van der Waals surface area contributed by atoms with Crippen LogP contribution >= 0.6 is 11.8 Å². The molecule has 2 aromatic heterocycles. The van der Waals surface area contributed by atoms with Gasteiger partial charge >= 0.3 is 12.1 Å². The first kappa shape index (κ1) is 15.4. The smallest absolute Gasteiger partial charge is 0.417 e. The van der Waals surface area contributed by atoms with Gasteiger partial charge in [0.25, 0.3) is 0 Å². The molecule has 0 bridgehead atoms. The first-order valence-corrected chi connectivity index (χ1v) is 6.63. The Labute approximate surface area is 121 Å². The van der Waals surface area contributed by atoms with Gasteiger partial charge in [-0.2, -0.15) is 13.2 Å². The highest BCUT2D eigenvalue weighted by molar-refractivity contribution is 7.98. The minimum Gasteiger partial charge on any atom is -0.459 e. The van der Waals surface area contributed by atoms with Crippen molar-refractivity contribution in [1.82, 2.24) is 10.4 Å². The zero-order chi connectivity index (χ0) is 15.5. The summed E-state index contributed by atoms with van der Waals surface area (Å²) in [5.74, 6) is 4.82. The molecule has 0 aliphatic heterocycles. The number of nitrogens with one attached hydrogen (secondary N) is 1. The maximum atomic E-state index is 12.4. The Kier molecular flexibility index (Phi) is 4.53. The highest BCUT2D eigenvalue weighted by Crippen LogP contribution is 2.30. The minimum absolute atomic E-state index is 0.0666. The van der Waals surface area contributed by atoms with Gasteiger partial charge in [-0.15, -0.1) is 11.8 Å². The van der Waals surface area contributed by atoms with Gasteiger partial charge in [-0.1, -0.05) is 0 Å². The summed E-state index contributed by atoms with van der Waals surface area (Å²) in [5.41, 5.74) is 1.71. The average molecular weight is 317 g/mol. The normalized spacial score (nSPS) is 11.4. The maximum absolute atomic E-state index is 12.4. The molecule has 0 spiro atoms. The lowest BCUT2D eigenvalue weighted by atomic mass is 10.3. The van der Waals surface area contributed by atoms with E-state index in [-0.39, 0.29) is 5.76 Å². The Hall–Kier alpha value is -2.00. The van der Waals surface area contributed by atoms with Gasteiger partial charge in [-0.05, 0) is 18.2 Å². The lowest BCUT2D eigenvalue weighted by molar-refractivity contribution is -0.137. The zero-order valence-corrected chi connectivity index (χ0v) is 11.3. The topological polar surface area (TPSA) is 81.1 Å². The molecular weight excluding hydrogens is 307 g/mol. The third-order valence-electron chi connectivity index (χ3n) is 2.52. The highest BCUT2D eigenvalue weighted by Gasteiger charge is 2.30. The van der Waals surface area contributed by atoms with Gasteiger partial charge in [0.2, 0.25) is 0 Å². The van der Waals surface area contributed by atoms with Crippen LogP contribution in [-0.2, 0) is 11.9 Å². The van der Waals surface area contributed by atoms with Crippen LogP contribution in [0.3, 0.4) is 0 Å². The molecule has 3 N–H and O–H groups in total. The summed E-state index contributed by atoms with van der Waals surface area (Å²) in [6.45, 7) is 0. The number of aromatic nitrogens is 1. The Balaban J connectivity index is 2.04. The quantitative estimate of drug-likeness (QED) is 0.392. The van der Waals surface area contributed by atoms with Gasteiger partial charge < -0.3 is 4.42 Å². The second-order valence-electron chi connectivity index (χ2n) is 3.92. The van der Waals surface area contributed by atoms with Crippen molar-refractivity contribution in [2.24, 2.45) is 5.84 Å². The molecule has 9 heteroatoms. The number of pyridine rings is 1. The number of furan rings is 1. The number of halogens is 3. The Morgan fingerprint density at radius 2 is 2.14 bits per heavy atom. The number of carbonyl (C=O) groups excluding carboxylic acids is 1. The van der Waals surface area contributed by atoms with E-state index in [1.165, 1.54) is 24.1 Å². The van der Waals surface area contributed by atoms with Crippen molar-refractivity contribution in [3.05, 3.63) is 47.5 Å². The van der Waals surface area contributed by atoms with Crippen LogP contribution in [-0.4, -0.2) is 10.9 Å². The highest BCUT2D eigenvalue weighted by atomic mass is 32.2. The van der Waals surface area contributed by atoms with E-state index in [4.69, 9.17) is 10.3 Å².